The molecule has 0 unspecified atom stereocenters. The van der Waals surface area contributed by atoms with Crippen LogP contribution in [-0.4, -0.2) is 40.1 Å². The van der Waals surface area contributed by atoms with Crippen LogP contribution in [-0.2, 0) is 0 Å². The van der Waals surface area contributed by atoms with Gasteiger partial charge < -0.3 is 18.6 Å². The average Bonchev–Trinajstić information content (AvgIpc) is 3.35. The molecular weight excluding hydrogens is 346 g/mol. The van der Waals surface area contributed by atoms with Crippen LogP contribution >= 0.6 is 0 Å². The Balaban J connectivity index is 1.22. The quantitative estimate of drug-likeness (QED) is 0.554. The van der Waals surface area contributed by atoms with Crippen LogP contribution in [0.25, 0.3) is 22.4 Å². The molecule has 5 rings (SSSR count). The normalized spacial score (nSPS) is 14.3. The molecule has 4 heterocycles. The van der Waals surface area contributed by atoms with Crippen LogP contribution in [0.2, 0.25) is 0 Å². The van der Waals surface area contributed by atoms with Gasteiger partial charge in [0.05, 0.1) is 24.9 Å². The van der Waals surface area contributed by atoms with Gasteiger partial charge in [0, 0.05) is 17.5 Å². The number of nitrogens with zero attached hydrogens (tertiary/aromatic N) is 3. The Labute approximate surface area is 154 Å². The molecule has 134 valence electrons. The maximum absolute atomic E-state index is 12.5. The summed E-state index contributed by atoms with van der Waals surface area (Å²) in [6.45, 7) is 0.965. The molecule has 0 spiro atoms. The van der Waals surface area contributed by atoms with Gasteiger partial charge in [-0.3, -0.25) is 4.79 Å². The zero-order valence-corrected chi connectivity index (χ0v) is 14.2. The molecular formula is C20H15N3O4. The number of likely N-dealkylation sites (tertiary alicyclic amines) is 1. The minimum atomic E-state index is -0.192. The molecule has 1 saturated heterocycles. The number of hydrogen-bond acceptors (Lipinski definition) is 6. The molecule has 7 heteroatoms. The number of fused-ring (bicyclic) bond motifs is 1. The lowest BCUT2D eigenvalue weighted by molar-refractivity contribution is 0.0154. The largest absolute Gasteiger partial charge is 0.471 e. The maximum Gasteiger partial charge on any atom is 0.276 e. The van der Waals surface area contributed by atoms with Crippen LogP contribution in [0.15, 0.2) is 69.8 Å². The number of carbonyl (C=O) groups is 1. The van der Waals surface area contributed by atoms with E-state index >= 15 is 0 Å². The number of benzene rings is 1. The number of ether oxygens (including phenoxy) is 1. The molecule has 27 heavy (non-hydrogen) atoms. The van der Waals surface area contributed by atoms with Gasteiger partial charge >= 0.3 is 0 Å². The molecule has 0 atom stereocenters. The Morgan fingerprint density at radius 2 is 1.96 bits per heavy atom. The Bertz CT molecular complexity index is 1100. The zero-order chi connectivity index (χ0) is 18.2. The second-order valence-electron chi connectivity index (χ2n) is 6.35. The van der Waals surface area contributed by atoms with Gasteiger partial charge in [0.2, 0.25) is 11.6 Å². The van der Waals surface area contributed by atoms with Crippen LogP contribution in [0.4, 0.5) is 0 Å². The van der Waals surface area contributed by atoms with E-state index < -0.39 is 0 Å². The molecule has 3 aromatic heterocycles. The van der Waals surface area contributed by atoms with Crippen molar-refractivity contribution in [3.8, 4) is 17.4 Å². The number of rotatable bonds is 4. The summed E-state index contributed by atoms with van der Waals surface area (Å²) < 4.78 is 16.3. The SMILES string of the molecule is O=C(c1cc(-c2ccco2)on1)N1CC(Oc2ccc3ccccc3n2)C1. The summed E-state index contributed by atoms with van der Waals surface area (Å²) in [5.74, 6) is 1.33. The highest BCUT2D eigenvalue weighted by molar-refractivity contribution is 5.93. The maximum atomic E-state index is 12.5. The number of hydrogen-bond donors (Lipinski definition) is 0. The molecule has 0 aliphatic carbocycles. The molecule has 1 amide bonds. The Kier molecular flexibility index (Phi) is 3.64. The Morgan fingerprint density at radius 3 is 2.81 bits per heavy atom. The lowest BCUT2D eigenvalue weighted by Crippen LogP contribution is -2.56. The van der Waals surface area contributed by atoms with Gasteiger partial charge in [-0.25, -0.2) is 4.98 Å². The van der Waals surface area contributed by atoms with Crippen molar-refractivity contribution in [3.63, 3.8) is 0 Å². The topological polar surface area (TPSA) is 81.6 Å². The van der Waals surface area contributed by atoms with E-state index in [0.29, 0.717) is 30.5 Å². The minimum absolute atomic E-state index is 0.0842. The number of carbonyl (C=O) groups excluding carboxylic acids is 1. The summed E-state index contributed by atoms with van der Waals surface area (Å²) in [6.07, 6.45) is 1.46. The smallest absolute Gasteiger partial charge is 0.276 e. The third-order valence-electron chi connectivity index (χ3n) is 4.49. The van der Waals surface area contributed by atoms with Crippen LogP contribution in [0.3, 0.4) is 0 Å². The van der Waals surface area contributed by atoms with Gasteiger partial charge in [-0.2, -0.15) is 0 Å². The highest BCUT2D eigenvalue weighted by Crippen LogP contribution is 2.24. The first-order valence-corrected chi connectivity index (χ1v) is 8.58. The van der Waals surface area contributed by atoms with Gasteiger partial charge in [0.25, 0.3) is 5.91 Å². The first-order chi connectivity index (χ1) is 13.3. The molecule has 1 aliphatic heterocycles. The van der Waals surface area contributed by atoms with E-state index in [1.165, 1.54) is 6.26 Å². The van der Waals surface area contributed by atoms with Gasteiger partial charge in [0.1, 0.15) is 6.10 Å². The molecule has 0 saturated carbocycles. The van der Waals surface area contributed by atoms with Gasteiger partial charge in [-0.15, -0.1) is 0 Å². The zero-order valence-electron chi connectivity index (χ0n) is 14.2. The number of pyridine rings is 1. The summed E-state index contributed by atoms with van der Waals surface area (Å²) in [7, 11) is 0. The lowest BCUT2D eigenvalue weighted by Gasteiger charge is -2.38. The van der Waals surface area contributed by atoms with Crippen molar-refractivity contribution in [1.82, 2.24) is 15.0 Å². The Hall–Kier alpha value is -3.61. The fraction of sp³-hybridized carbons (Fsp3) is 0.150. The second-order valence-corrected chi connectivity index (χ2v) is 6.35. The fourth-order valence-electron chi connectivity index (χ4n) is 3.04. The van der Waals surface area contributed by atoms with Crippen molar-refractivity contribution in [3.05, 3.63) is 66.6 Å². The van der Waals surface area contributed by atoms with E-state index in [2.05, 4.69) is 10.1 Å². The summed E-state index contributed by atoms with van der Waals surface area (Å²) in [6, 6.07) is 16.8. The lowest BCUT2D eigenvalue weighted by atomic mass is 10.1. The molecule has 1 aliphatic rings. The van der Waals surface area contributed by atoms with E-state index in [1.54, 1.807) is 23.1 Å². The molecule has 0 bridgehead atoms. The van der Waals surface area contributed by atoms with Crippen molar-refractivity contribution in [2.75, 3.05) is 13.1 Å². The average molecular weight is 361 g/mol. The van der Waals surface area contributed by atoms with Crippen LogP contribution in [0.5, 0.6) is 5.88 Å². The van der Waals surface area contributed by atoms with E-state index in [9.17, 15) is 4.79 Å². The van der Waals surface area contributed by atoms with E-state index in [1.807, 2.05) is 36.4 Å². The minimum Gasteiger partial charge on any atom is -0.471 e. The van der Waals surface area contributed by atoms with E-state index in [0.717, 1.165) is 10.9 Å². The number of aromatic nitrogens is 2. The van der Waals surface area contributed by atoms with E-state index in [4.69, 9.17) is 13.7 Å². The molecule has 1 fully saturated rings. The van der Waals surface area contributed by atoms with Crippen molar-refractivity contribution in [2.24, 2.45) is 0 Å². The monoisotopic (exact) mass is 361 g/mol. The first kappa shape index (κ1) is 15.6. The van der Waals surface area contributed by atoms with Crippen molar-refractivity contribution >= 4 is 16.8 Å². The number of furan rings is 1. The molecule has 4 aromatic rings. The summed E-state index contributed by atoms with van der Waals surface area (Å²) in [4.78, 5) is 18.6. The summed E-state index contributed by atoms with van der Waals surface area (Å²) in [5.41, 5.74) is 1.14. The fourth-order valence-corrected chi connectivity index (χ4v) is 3.04. The third-order valence-corrected chi connectivity index (χ3v) is 4.49. The van der Waals surface area contributed by atoms with Gasteiger partial charge in [-0.05, 0) is 24.3 Å². The van der Waals surface area contributed by atoms with Gasteiger partial charge in [0.15, 0.2) is 11.5 Å². The van der Waals surface area contributed by atoms with E-state index in [-0.39, 0.29) is 17.7 Å². The van der Waals surface area contributed by atoms with Crippen LogP contribution in [0, 0.1) is 0 Å². The van der Waals surface area contributed by atoms with Crippen molar-refractivity contribution < 1.29 is 18.5 Å². The predicted molar refractivity (Wildman–Crippen MR) is 96.3 cm³/mol. The summed E-state index contributed by atoms with van der Waals surface area (Å²) >= 11 is 0. The standard InChI is InChI=1S/C20H15N3O4/c24-20(16-10-18(27-22-16)17-6-3-9-25-17)23-11-14(12-23)26-19-8-7-13-4-1-2-5-15(13)21-19/h1-10,14H,11-12H2. The van der Waals surface area contributed by atoms with Crippen LogP contribution < -0.4 is 4.74 Å². The predicted octanol–water partition coefficient (Wildman–Crippen LogP) is 3.39. The number of para-hydroxylation sites is 1. The first-order valence-electron chi connectivity index (χ1n) is 8.58. The Morgan fingerprint density at radius 1 is 1.07 bits per heavy atom. The number of amides is 1. The second kappa shape index (κ2) is 6.28. The molecule has 0 N–H and O–H groups in total. The molecule has 0 radical (unpaired) electrons. The van der Waals surface area contributed by atoms with Crippen molar-refractivity contribution in [1.29, 1.82) is 0 Å². The molecule has 7 nitrogen and oxygen atoms in total. The van der Waals surface area contributed by atoms with Gasteiger partial charge in [-0.1, -0.05) is 23.4 Å². The highest BCUT2D eigenvalue weighted by Gasteiger charge is 2.34. The van der Waals surface area contributed by atoms with Crippen molar-refractivity contribution in [2.45, 2.75) is 6.10 Å². The summed E-state index contributed by atoms with van der Waals surface area (Å²) in [5, 5.41) is 4.90. The van der Waals surface area contributed by atoms with Crippen LogP contribution in [0.1, 0.15) is 10.5 Å². The third kappa shape index (κ3) is 2.93. The molecule has 1 aromatic carbocycles. The highest BCUT2D eigenvalue weighted by atomic mass is 16.5.